The Morgan fingerprint density at radius 2 is 1.66 bits per heavy atom. The lowest BCUT2D eigenvalue weighted by Crippen LogP contribution is -2.54. The summed E-state index contributed by atoms with van der Waals surface area (Å²) in [5, 5.41) is 12.1. The minimum Gasteiger partial charge on any atom is -0.480 e. The van der Waals surface area contributed by atoms with E-state index in [1.165, 1.54) is 4.90 Å². The lowest BCUT2D eigenvalue weighted by molar-refractivity contribution is -0.150. The number of carbonyl (C=O) groups excluding carboxylic acids is 2. The van der Waals surface area contributed by atoms with Gasteiger partial charge in [0.05, 0.1) is 12.2 Å². The van der Waals surface area contributed by atoms with Gasteiger partial charge in [-0.15, -0.1) is 0 Å². The van der Waals surface area contributed by atoms with Crippen LogP contribution in [0.25, 0.3) is 11.1 Å². The van der Waals surface area contributed by atoms with Gasteiger partial charge in [0.1, 0.15) is 18.7 Å². The third kappa shape index (κ3) is 5.48. The number of alkyl carbamates (subject to hydrolysis) is 1. The summed E-state index contributed by atoms with van der Waals surface area (Å²) in [6.07, 6.45) is 0.244. The van der Waals surface area contributed by atoms with Gasteiger partial charge in [-0.25, -0.2) is 9.59 Å². The van der Waals surface area contributed by atoms with Crippen LogP contribution in [-0.4, -0.2) is 65.4 Å². The number of hydrogen-bond donors (Lipinski definition) is 2. The normalized spacial score (nSPS) is 18.0. The molecule has 0 spiro atoms. The standard InChI is InChI=1S/C27H32N2O6/c1-27(2,3)35-16-22(24(30)29-14-8-13-23(29)25(31)32)28-26(33)34-15-21-19-11-6-4-9-17(19)18-10-5-7-12-20(18)21/h4-7,9-12,21-23H,8,13-16H2,1-3H3,(H,28,33)(H,31,32)/t22-,23?/m0/s1. The maximum absolute atomic E-state index is 13.2. The molecule has 186 valence electrons. The first kappa shape index (κ1) is 24.7. The molecule has 1 unspecified atom stereocenters. The number of benzene rings is 2. The molecule has 35 heavy (non-hydrogen) atoms. The van der Waals surface area contributed by atoms with Gasteiger partial charge in [-0.05, 0) is 55.9 Å². The summed E-state index contributed by atoms with van der Waals surface area (Å²) < 4.78 is 11.4. The fourth-order valence-electron chi connectivity index (χ4n) is 4.78. The summed E-state index contributed by atoms with van der Waals surface area (Å²) in [5.41, 5.74) is 3.88. The van der Waals surface area contributed by atoms with Crippen LogP contribution in [0.15, 0.2) is 48.5 Å². The molecule has 1 saturated heterocycles. The fraction of sp³-hybridized carbons (Fsp3) is 0.444. The highest BCUT2D eigenvalue weighted by Crippen LogP contribution is 2.44. The molecular formula is C27H32N2O6. The van der Waals surface area contributed by atoms with Gasteiger partial charge in [-0.2, -0.15) is 0 Å². The topological polar surface area (TPSA) is 105 Å². The second-order valence-electron chi connectivity index (χ2n) is 9.97. The van der Waals surface area contributed by atoms with Crippen molar-refractivity contribution in [2.75, 3.05) is 19.8 Å². The first-order chi connectivity index (χ1) is 16.7. The molecule has 1 fully saturated rings. The molecule has 2 N–H and O–H groups in total. The van der Waals surface area contributed by atoms with Crippen molar-refractivity contribution >= 4 is 18.0 Å². The number of carboxylic acid groups (broad SMARTS) is 1. The molecule has 2 aromatic carbocycles. The fourth-order valence-corrected chi connectivity index (χ4v) is 4.78. The van der Waals surface area contributed by atoms with Crippen molar-refractivity contribution in [2.45, 2.75) is 57.2 Å². The Labute approximate surface area is 205 Å². The van der Waals surface area contributed by atoms with E-state index >= 15 is 0 Å². The molecule has 4 rings (SSSR count). The SMILES string of the molecule is CC(C)(C)OC[C@H](NC(=O)OCC1c2ccccc2-c2ccccc21)C(=O)N1CCCC1C(=O)O. The zero-order chi connectivity index (χ0) is 25.2. The minimum atomic E-state index is -1.05. The zero-order valence-corrected chi connectivity index (χ0v) is 20.3. The van der Waals surface area contributed by atoms with Crippen LogP contribution in [0.4, 0.5) is 4.79 Å². The van der Waals surface area contributed by atoms with E-state index in [9.17, 15) is 19.5 Å². The largest absolute Gasteiger partial charge is 0.480 e. The Balaban J connectivity index is 1.45. The van der Waals surface area contributed by atoms with Crippen LogP contribution < -0.4 is 5.32 Å². The van der Waals surface area contributed by atoms with Crippen molar-refractivity contribution in [3.63, 3.8) is 0 Å². The summed E-state index contributed by atoms with van der Waals surface area (Å²) in [7, 11) is 0. The van der Waals surface area contributed by atoms with Crippen LogP contribution in [0, 0.1) is 0 Å². The summed E-state index contributed by atoms with van der Waals surface area (Å²) >= 11 is 0. The van der Waals surface area contributed by atoms with Gasteiger partial charge in [0.25, 0.3) is 0 Å². The van der Waals surface area contributed by atoms with Crippen LogP contribution in [0.5, 0.6) is 0 Å². The van der Waals surface area contributed by atoms with Gasteiger partial charge in [0.15, 0.2) is 0 Å². The third-order valence-corrected chi connectivity index (χ3v) is 6.44. The molecule has 0 bridgehead atoms. The van der Waals surface area contributed by atoms with Crippen molar-refractivity contribution in [1.29, 1.82) is 0 Å². The van der Waals surface area contributed by atoms with Gasteiger partial charge in [0, 0.05) is 12.5 Å². The lowest BCUT2D eigenvalue weighted by atomic mass is 9.98. The second kappa shape index (κ2) is 10.1. The molecule has 8 heteroatoms. The van der Waals surface area contributed by atoms with Gasteiger partial charge in [-0.3, -0.25) is 4.79 Å². The van der Waals surface area contributed by atoms with E-state index in [2.05, 4.69) is 17.4 Å². The number of fused-ring (bicyclic) bond motifs is 3. The zero-order valence-electron chi connectivity index (χ0n) is 20.3. The molecule has 1 aliphatic carbocycles. The van der Waals surface area contributed by atoms with E-state index in [-0.39, 0.29) is 19.1 Å². The number of aliphatic carboxylic acids is 1. The average molecular weight is 481 g/mol. The maximum atomic E-state index is 13.2. The molecule has 0 aromatic heterocycles. The molecule has 0 saturated carbocycles. The Morgan fingerprint density at radius 3 is 2.23 bits per heavy atom. The number of nitrogens with zero attached hydrogens (tertiary/aromatic N) is 1. The van der Waals surface area contributed by atoms with E-state index in [0.717, 1.165) is 22.3 Å². The number of rotatable bonds is 7. The Bertz CT molecular complexity index is 1060. The lowest BCUT2D eigenvalue weighted by Gasteiger charge is -2.29. The quantitative estimate of drug-likeness (QED) is 0.625. The number of amides is 2. The molecule has 1 heterocycles. The number of hydrogen-bond acceptors (Lipinski definition) is 5. The Hall–Kier alpha value is -3.39. The van der Waals surface area contributed by atoms with Crippen molar-refractivity contribution in [1.82, 2.24) is 10.2 Å². The minimum absolute atomic E-state index is 0.0879. The molecule has 2 amide bonds. The molecule has 2 aromatic rings. The van der Waals surface area contributed by atoms with Crippen LogP contribution in [0.1, 0.15) is 50.7 Å². The van der Waals surface area contributed by atoms with E-state index in [1.807, 2.05) is 57.2 Å². The number of likely N-dealkylation sites (tertiary alicyclic amines) is 1. The van der Waals surface area contributed by atoms with Gasteiger partial charge < -0.3 is 24.8 Å². The predicted molar refractivity (Wildman–Crippen MR) is 130 cm³/mol. The van der Waals surface area contributed by atoms with Crippen molar-refractivity contribution in [3.8, 4) is 11.1 Å². The monoisotopic (exact) mass is 480 g/mol. The predicted octanol–water partition coefficient (Wildman–Crippen LogP) is 3.78. The average Bonchev–Trinajstić information content (AvgIpc) is 3.43. The molecule has 8 nitrogen and oxygen atoms in total. The first-order valence-electron chi connectivity index (χ1n) is 11.9. The Kier molecular flexibility index (Phi) is 7.12. The van der Waals surface area contributed by atoms with E-state index < -0.39 is 35.7 Å². The number of carboxylic acids is 1. The molecule has 2 atom stereocenters. The van der Waals surface area contributed by atoms with Gasteiger partial charge >= 0.3 is 12.1 Å². The second-order valence-corrected chi connectivity index (χ2v) is 9.97. The Morgan fingerprint density at radius 1 is 1.06 bits per heavy atom. The summed E-state index contributed by atoms with van der Waals surface area (Å²) in [6.45, 7) is 5.89. The molecule has 1 aliphatic heterocycles. The van der Waals surface area contributed by atoms with E-state index in [4.69, 9.17) is 9.47 Å². The van der Waals surface area contributed by atoms with Crippen LogP contribution >= 0.6 is 0 Å². The highest BCUT2D eigenvalue weighted by atomic mass is 16.5. The van der Waals surface area contributed by atoms with Crippen molar-refractivity contribution in [3.05, 3.63) is 59.7 Å². The van der Waals surface area contributed by atoms with Gasteiger partial charge in [-0.1, -0.05) is 48.5 Å². The van der Waals surface area contributed by atoms with Crippen molar-refractivity contribution in [2.24, 2.45) is 0 Å². The highest BCUT2D eigenvalue weighted by molar-refractivity contribution is 5.90. The molecule has 2 aliphatic rings. The number of carbonyl (C=O) groups is 3. The number of ether oxygens (including phenoxy) is 2. The maximum Gasteiger partial charge on any atom is 0.407 e. The van der Waals surface area contributed by atoms with E-state index in [0.29, 0.717) is 19.4 Å². The first-order valence-corrected chi connectivity index (χ1v) is 11.9. The number of nitrogens with one attached hydrogen (secondary N) is 1. The summed E-state index contributed by atoms with van der Waals surface area (Å²) in [6, 6.07) is 14.1. The molecule has 0 radical (unpaired) electrons. The molecular weight excluding hydrogens is 448 g/mol. The van der Waals surface area contributed by atoms with Crippen molar-refractivity contribution < 1.29 is 29.0 Å². The summed E-state index contributed by atoms with van der Waals surface area (Å²) in [4.78, 5) is 38.9. The van der Waals surface area contributed by atoms with Crippen LogP contribution in [0.3, 0.4) is 0 Å². The van der Waals surface area contributed by atoms with E-state index in [1.54, 1.807) is 0 Å². The van der Waals surface area contributed by atoms with Crippen LogP contribution in [0.2, 0.25) is 0 Å². The summed E-state index contributed by atoms with van der Waals surface area (Å²) in [5.74, 6) is -1.64. The third-order valence-electron chi connectivity index (χ3n) is 6.44. The smallest absolute Gasteiger partial charge is 0.407 e. The highest BCUT2D eigenvalue weighted by Gasteiger charge is 2.38. The van der Waals surface area contributed by atoms with Gasteiger partial charge in [0.2, 0.25) is 5.91 Å². The van der Waals surface area contributed by atoms with Crippen LogP contribution in [-0.2, 0) is 19.1 Å².